The number of fused-ring (bicyclic) bond motifs is 1. The Bertz CT molecular complexity index is 916. The molecule has 6 nitrogen and oxygen atoms in total. The lowest BCUT2D eigenvalue weighted by molar-refractivity contribution is 0.0692. The Labute approximate surface area is 158 Å². The third-order valence-electron chi connectivity index (χ3n) is 5.32. The first-order valence-electron chi connectivity index (χ1n) is 9.20. The van der Waals surface area contributed by atoms with Crippen LogP contribution in [0.4, 0.5) is 0 Å². The van der Waals surface area contributed by atoms with Gasteiger partial charge in [0.05, 0.1) is 19.8 Å². The minimum absolute atomic E-state index is 0.109. The van der Waals surface area contributed by atoms with Crippen molar-refractivity contribution in [3.63, 3.8) is 0 Å². The van der Waals surface area contributed by atoms with E-state index in [4.69, 9.17) is 9.47 Å². The van der Waals surface area contributed by atoms with Crippen LogP contribution in [-0.2, 0) is 13.0 Å². The van der Waals surface area contributed by atoms with Crippen molar-refractivity contribution in [2.75, 3.05) is 14.2 Å². The summed E-state index contributed by atoms with van der Waals surface area (Å²) in [5.41, 5.74) is 2.03. The van der Waals surface area contributed by atoms with Crippen LogP contribution in [0.5, 0.6) is 11.5 Å². The van der Waals surface area contributed by atoms with E-state index in [9.17, 15) is 14.7 Å². The zero-order chi connectivity index (χ0) is 19.6. The van der Waals surface area contributed by atoms with Gasteiger partial charge in [-0.2, -0.15) is 0 Å². The van der Waals surface area contributed by atoms with Crippen molar-refractivity contribution in [1.29, 1.82) is 0 Å². The van der Waals surface area contributed by atoms with Gasteiger partial charge in [-0.3, -0.25) is 4.79 Å². The van der Waals surface area contributed by atoms with E-state index in [0.29, 0.717) is 29.3 Å². The topological polar surface area (TPSA) is 77.8 Å². The molecule has 0 amide bonds. The van der Waals surface area contributed by atoms with Crippen molar-refractivity contribution in [1.82, 2.24) is 4.57 Å². The summed E-state index contributed by atoms with van der Waals surface area (Å²) in [5.74, 6) is 0.422. The fourth-order valence-corrected chi connectivity index (χ4v) is 3.95. The van der Waals surface area contributed by atoms with Crippen LogP contribution < -0.4 is 15.0 Å². The second kappa shape index (κ2) is 7.86. The van der Waals surface area contributed by atoms with Gasteiger partial charge in [-0.25, -0.2) is 4.79 Å². The molecule has 3 rings (SSSR count). The zero-order valence-corrected chi connectivity index (χ0v) is 15.9. The molecular weight excluding hydrogens is 346 g/mol. The molecule has 1 unspecified atom stereocenters. The van der Waals surface area contributed by atoms with Crippen LogP contribution in [0.1, 0.15) is 59.3 Å². The number of aromatic carboxylic acids is 1. The zero-order valence-electron chi connectivity index (χ0n) is 15.9. The van der Waals surface area contributed by atoms with E-state index in [1.54, 1.807) is 37.0 Å². The van der Waals surface area contributed by atoms with Crippen LogP contribution in [0, 0.1) is 0 Å². The maximum Gasteiger partial charge on any atom is 0.337 e. The molecule has 0 saturated carbocycles. The predicted molar refractivity (Wildman–Crippen MR) is 102 cm³/mol. The standard InChI is InChI=1S/C21H25NO5/c1-4-13-6-5-9-22-19(13)17(21(24)25)12-15(20(22)23)10-14-11-16(26-2)7-8-18(14)27-3/h7-8,11-13H,4-6,9-10H2,1-3H3,(H,24,25). The Morgan fingerprint density at radius 1 is 1.22 bits per heavy atom. The maximum absolute atomic E-state index is 13.1. The average Bonchev–Trinajstić information content (AvgIpc) is 2.69. The van der Waals surface area contributed by atoms with Gasteiger partial charge < -0.3 is 19.1 Å². The van der Waals surface area contributed by atoms with Crippen LogP contribution in [0.3, 0.4) is 0 Å². The lowest BCUT2D eigenvalue weighted by Crippen LogP contribution is -2.33. The van der Waals surface area contributed by atoms with E-state index < -0.39 is 5.97 Å². The molecule has 1 aliphatic heterocycles. The van der Waals surface area contributed by atoms with Crippen LogP contribution in [-0.4, -0.2) is 29.9 Å². The van der Waals surface area contributed by atoms with Gasteiger partial charge in [0.1, 0.15) is 11.5 Å². The summed E-state index contributed by atoms with van der Waals surface area (Å²) in [5, 5.41) is 9.76. The number of rotatable bonds is 6. The minimum atomic E-state index is -0.988. The Morgan fingerprint density at radius 3 is 2.63 bits per heavy atom. The van der Waals surface area contributed by atoms with E-state index in [0.717, 1.165) is 24.8 Å². The molecule has 2 aromatic rings. The second-order valence-electron chi connectivity index (χ2n) is 6.83. The first-order valence-corrected chi connectivity index (χ1v) is 9.20. The molecule has 1 N–H and O–H groups in total. The number of hydrogen-bond donors (Lipinski definition) is 1. The minimum Gasteiger partial charge on any atom is -0.497 e. The molecule has 6 heteroatoms. The summed E-state index contributed by atoms with van der Waals surface area (Å²) in [6.45, 7) is 2.60. The van der Waals surface area contributed by atoms with Gasteiger partial charge in [0, 0.05) is 29.8 Å². The third-order valence-corrected chi connectivity index (χ3v) is 5.32. The van der Waals surface area contributed by atoms with E-state index in [1.165, 1.54) is 0 Å². The van der Waals surface area contributed by atoms with Crippen LogP contribution >= 0.6 is 0 Å². The molecule has 2 heterocycles. The molecule has 0 fully saturated rings. The van der Waals surface area contributed by atoms with Gasteiger partial charge in [0.25, 0.3) is 5.56 Å². The number of carbonyl (C=O) groups is 1. The highest BCUT2D eigenvalue weighted by Crippen LogP contribution is 2.32. The van der Waals surface area contributed by atoms with E-state index in [2.05, 4.69) is 0 Å². The van der Waals surface area contributed by atoms with Crippen molar-refractivity contribution >= 4 is 5.97 Å². The van der Waals surface area contributed by atoms with Crippen molar-refractivity contribution in [3.05, 3.63) is 57.0 Å². The molecule has 144 valence electrons. The summed E-state index contributed by atoms with van der Waals surface area (Å²) in [6.07, 6.45) is 2.91. The highest BCUT2D eigenvalue weighted by atomic mass is 16.5. The van der Waals surface area contributed by atoms with Gasteiger partial charge in [0.2, 0.25) is 0 Å². The number of benzene rings is 1. The summed E-state index contributed by atoms with van der Waals surface area (Å²) >= 11 is 0. The number of carboxylic acid groups (broad SMARTS) is 1. The molecular formula is C21H25NO5. The van der Waals surface area contributed by atoms with Crippen molar-refractivity contribution < 1.29 is 19.4 Å². The monoisotopic (exact) mass is 371 g/mol. The van der Waals surface area contributed by atoms with Gasteiger partial charge in [-0.15, -0.1) is 0 Å². The summed E-state index contributed by atoms with van der Waals surface area (Å²) in [4.78, 5) is 25.0. The second-order valence-corrected chi connectivity index (χ2v) is 6.83. The highest BCUT2D eigenvalue weighted by Gasteiger charge is 2.27. The normalized spacial score (nSPS) is 15.9. The molecule has 27 heavy (non-hydrogen) atoms. The molecule has 1 aromatic heterocycles. The van der Waals surface area contributed by atoms with Gasteiger partial charge in [-0.05, 0) is 49.4 Å². The highest BCUT2D eigenvalue weighted by molar-refractivity contribution is 5.89. The molecule has 0 spiro atoms. The van der Waals surface area contributed by atoms with Gasteiger partial charge >= 0.3 is 5.97 Å². The molecule has 0 bridgehead atoms. The maximum atomic E-state index is 13.1. The van der Waals surface area contributed by atoms with Gasteiger partial charge in [0.15, 0.2) is 0 Å². The number of pyridine rings is 1. The number of aromatic nitrogens is 1. The first-order chi connectivity index (χ1) is 13.0. The largest absolute Gasteiger partial charge is 0.497 e. The van der Waals surface area contributed by atoms with Crippen LogP contribution in [0.15, 0.2) is 29.1 Å². The lowest BCUT2D eigenvalue weighted by Gasteiger charge is -2.28. The first kappa shape index (κ1) is 19.0. The fraction of sp³-hybridized carbons (Fsp3) is 0.429. The quantitative estimate of drug-likeness (QED) is 0.842. The molecule has 0 saturated heterocycles. The van der Waals surface area contributed by atoms with E-state index >= 15 is 0 Å². The SMILES string of the molecule is CCC1CCCn2c1c(C(=O)O)cc(Cc1cc(OC)ccc1OC)c2=O. The predicted octanol–water partition coefficient (Wildman–Crippen LogP) is 3.44. The van der Waals surface area contributed by atoms with Crippen LogP contribution in [0.25, 0.3) is 0 Å². The van der Waals surface area contributed by atoms with Crippen molar-refractivity contribution in [3.8, 4) is 11.5 Å². The number of nitrogens with zero attached hydrogens (tertiary/aromatic N) is 1. The Morgan fingerprint density at radius 2 is 2.00 bits per heavy atom. The molecule has 1 atom stereocenters. The van der Waals surface area contributed by atoms with E-state index in [1.807, 2.05) is 13.0 Å². The van der Waals surface area contributed by atoms with Crippen molar-refractivity contribution in [2.45, 2.75) is 45.1 Å². The Kier molecular flexibility index (Phi) is 5.54. The summed E-state index contributed by atoms with van der Waals surface area (Å²) < 4.78 is 12.3. The average molecular weight is 371 g/mol. The van der Waals surface area contributed by atoms with Crippen molar-refractivity contribution in [2.24, 2.45) is 0 Å². The van der Waals surface area contributed by atoms with E-state index in [-0.39, 0.29) is 23.5 Å². The molecule has 0 radical (unpaired) electrons. The molecule has 1 aliphatic rings. The number of hydrogen-bond acceptors (Lipinski definition) is 4. The third kappa shape index (κ3) is 3.56. The number of ether oxygens (including phenoxy) is 2. The smallest absolute Gasteiger partial charge is 0.337 e. The molecule has 1 aromatic carbocycles. The Balaban J connectivity index is 2.14. The number of carboxylic acids is 1. The summed E-state index contributed by atoms with van der Waals surface area (Å²) in [6, 6.07) is 6.94. The lowest BCUT2D eigenvalue weighted by atomic mass is 9.88. The fourth-order valence-electron chi connectivity index (χ4n) is 3.95. The summed E-state index contributed by atoms with van der Waals surface area (Å²) in [7, 11) is 3.15. The Hall–Kier alpha value is -2.76. The van der Waals surface area contributed by atoms with Gasteiger partial charge in [-0.1, -0.05) is 6.92 Å². The number of methoxy groups -OCH3 is 2. The van der Waals surface area contributed by atoms with Crippen LogP contribution in [0.2, 0.25) is 0 Å². The molecule has 0 aliphatic carbocycles.